The van der Waals surface area contributed by atoms with Crippen molar-refractivity contribution < 1.29 is 25.9 Å². The molecular weight excluding hydrogens is 753 g/mol. The predicted molar refractivity (Wildman–Crippen MR) is 225 cm³/mol. The first-order chi connectivity index (χ1) is 27.5. The topological polar surface area (TPSA) is 115 Å². The van der Waals surface area contributed by atoms with Gasteiger partial charge in [0.05, 0.1) is 9.79 Å². The van der Waals surface area contributed by atoms with Crippen LogP contribution >= 0.6 is 0 Å². The first kappa shape index (κ1) is 39.2. The molecule has 0 atom stereocenters. The zero-order chi connectivity index (χ0) is 39.8. The number of anilines is 2. The lowest BCUT2D eigenvalue weighted by Crippen LogP contribution is -2.22. The summed E-state index contributed by atoms with van der Waals surface area (Å²) in [6.07, 6.45) is 0. The molecule has 7 aromatic rings. The van der Waals surface area contributed by atoms with Gasteiger partial charge in [0.25, 0.3) is 20.2 Å². The van der Waals surface area contributed by atoms with E-state index in [9.17, 15) is 25.9 Å². The molecule has 0 spiro atoms. The smallest absolute Gasteiger partial charge is 0.294 e. The van der Waals surface area contributed by atoms with Crippen LogP contribution in [-0.2, 0) is 46.4 Å². The fourth-order valence-electron chi connectivity index (χ4n) is 7.14. The van der Waals surface area contributed by atoms with Gasteiger partial charge in [0, 0.05) is 43.5 Å². The van der Waals surface area contributed by atoms with E-state index in [2.05, 4.69) is 58.3 Å². The van der Waals surface area contributed by atoms with Crippen LogP contribution in [0, 0.1) is 0 Å². The van der Waals surface area contributed by atoms with Gasteiger partial charge in [-0.15, -0.1) is 0 Å². The lowest BCUT2D eigenvalue weighted by Gasteiger charge is -2.28. The van der Waals surface area contributed by atoms with Gasteiger partial charge in [0.2, 0.25) is 0 Å². The third kappa shape index (κ3) is 10.0. The van der Waals surface area contributed by atoms with Gasteiger partial charge in [-0.25, -0.2) is 0 Å². The molecule has 0 aromatic heterocycles. The van der Waals surface area contributed by atoms with Crippen molar-refractivity contribution in [3.63, 3.8) is 0 Å². The summed E-state index contributed by atoms with van der Waals surface area (Å²) in [6.45, 7) is 2.58. The Labute approximate surface area is 334 Å². The summed E-state index contributed by atoms with van der Waals surface area (Å²) >= 11 is 0. The Morgan fingerprint density at radius 1 is 0.404 bits per heavy atom. The highest BCUT2D eigenvalue weighted by Crippen LogP contribution is 2.38. The van der Waals surface area contributed by atoms with Gasteiger partial charge < -0.3 is 9.80 Å². The van der Waals surface area contributed by atoms with Crippen molar-refractivity contribution in [3.8, 4) is 0 Å². The fraction of sp³-hybridized carbons (Fsp3) is 0.106. The minimum atomic E-state index is -4.95. The minimum absolute atomic E-state index is 0.154. The van der Waals surface area contributed by atoms with Crippen LogP contribution in [-0.4, -0.2) is 25.9 Å². The van der Waals surface area contributed by atoms with Crippen LogP contribution in [0.5, 0.6) is 0 Å². The Balaban J connectivity index is 1.31. The molecule has 0 aliphatic rings. The third-order valence-electron chi connectivity index (χ3n) is 9.92. The average Bonchev–Trinajstić information content (AvgIpc) is 3.22. The van der Waals surface area contributed by atoms with E-state index in [0.717, 1.165) is 45.8 Å². The Kier molecular flexibility index (Phi) is 12.0. The number of benzene rings is 7. The highest BCUT2D eigenvalue weighted by molar-refractivity contribution is 7.86. The largest absolute Gasteiger partial charge is 0.363 e. The van der Waals surface area contributed by atoms with Crippen molar-refractivity contribution >= 4 is 31.6 Å². The number of hydrogen-bond donors (Lipinski definition) is 2. The maximum atomic E-state index is 12.9. The van der Waals surface area contributed by atoms with E-state index in [1.807, 2.05) is 121 Å². The summed E-state index contributed by atoms with van der Waals surface area (Å²) in [5, 5.41) is 0. The van der Waals surface area contributed by atoms with Crippen LogP contribution in [0.4, 0.5) is 11.4 Å². The molecule has 2 N–H and O–H groups in total. The zero-order valence-electron chi connectivity index (χ0n) is 31.0. The van der Waals surface area contributed by atoms with Gasteiger partial charge in [-0.2, -0.15) is 16.8 Å². The molecule has 57 heavy (non-hydrogen) atoms. The summed E-state index contributed by atoms with van der Waals surface area (Å²) < 4.78 is 70.4. The normalized spacial score (nSPS) is 11.7. The molecular formula is C47H42N2O6S2. The molecule has 7 aromatic carbocycles. The van der Waals surface area contributed by atoms with E-state index in [1.54, 1.807) is 0 Å². The van der Waals surface area contributed by atoms with Crippen LogP contribution in [0.25, 0.3) is 0 Å². The zero-order valence-corrected chi connectivity index (χ0v) is 32.7. The highest BCUT2D eigenvalue weighted by Gasteiger charge is 2.28. The van der Waals surface area contributed by atoms with E-state index >= 15 is 0 Å². The molecule has 0 saturated carbocycles. The lowest BCUT2D eigenvalue weighted by atomic mass is 9.85. The van der Waals surface area contributed by atoms with Crippen molar-refractivity contribution in [2.75, 3.05) is 9.80 Å². The summed E-state index contributed by atoms with van der Waals surface area (Å²) in [4.78, 5) is 3.27. The fourth-order valence-corrected chi connectivity index (χ4v) is 8.48. The van der Waals surface area contributed by atoms with Crippen LogP contribution in [0.3, 0.4) is 0 Å². The Morgan fingerprint density at radius 3 is 1.04 bits per heavy atom. The molecule has 0 radical (unpaired) electrons. The molecule has 8 nitrogen and oxygen atoms in total. The first-order valence-electron chi connectivity index (χ1n) is 18.5. The van der Waals surface area contributed by atoms with Crippen LogP contribution in [0.15, 0.2) is 198 Å². The summed E-state index contributed by atoms with van der Waals surface area (Å²) in [7, 11) is -9.73. The van der Waals surface area contributed by atoms with Crippen molar-refractivity contribution in [1.29, 1.82) is 0 Å². The molecule has 0 aliphatic heterocycles. The van der Waals surface area contributed by atoms with Crippen LogP contribution < -0.4 is 9.80 Å². The van der Waals surface area contributed by atoms with Gasteiger partial charge in [0.1, 0.15) is 0 Å². The van der Waals surface area contributed by atoms with Crippen LogP contribution in [0.2, 0.25) is 0 Å². The second kappa shape index (κ2) is 17.4. The third-order valence-corrected chi connectivity index (χ3v) is 11.7. The van der Waals surface area contributed by atoms with Crippen molar-refractivity contribution in [3.05, 3.63) is 227 Å². The van der Waals surface area contributed by atoms with Gasteiger partial charge in [0.15, 0.2) is 0 Å². The number of nitrogens with zero attached hydrogens (tertiary/aromatic N) is 2. The first-order valence-corrected chi connectivity index (χ1v) is 21.3. The highest BCUT2D eigenvalue weighted by atomic mass is 32.2. The maximum absolute atomic E-state index is 12.9. The molecule has 0 saturated heterocycles. The minimum Gasteiger partial charge on any atom is -0.363 e. The molecule has 0 fully saturated rings. The second-order valence-electron chi connectivity index (χ2n) is 13.9. The van der Waals surface area contributed by atoms with E-state index in [0.29, 0.717) is 37.3 Å². The molecule has 0 bridgehead atoms. The molecule has 0 heterocycles. The van der Waals surface area contributed by atoms with Gasteiger partial charge >= 0.3 is 0 Å². The number of hydrogen-bond acceptors (Lipinski definition) is 6. The Bertz CT molecular complexity index is 2400. The van der Waals surface area contributed by atoms with E-state index in [-0.39, 0.29) is 5.56 Å². The number of rotatable bonds is 15. The van der Waals surface area contributed by atoms with Crippen LogP contribution in [0.1, 0.15) is 44.9 Å². The van der Waals surface area contributed by atoms with Gasteiger partial charge in [-0.3, -0.25) is 9.11 Å². The Morgan fingerprint density at radius 2 is 0.737 bits per heavy atom. The maximum Gasteiger partial charge on any atom is 0.294 e. The SMILES string of the molecule is O=S(=O)(O)c1ccc(C(c2ccc(N(Cc3ccccc3)Cc3ccccc3)cc2)c2ccc(N(Cc3ccccc3)Cc3ccccc3)cc2)c(S(=O)(=O)O)c1. The van der Waals surface area contributed by atoms with E-state index in [1.165, 1.54) is 6.07 Å². The monoisotopic (exact) mass is 794 g/mol. The summed E-state index contributed by atoms with van der Waals surface area (Å²) in [6, 6.07) is 59.7. The molecule has 10 heteroatoms. The standard InChI is InChI=1S/C47H42N2O6S2/c50-56(51,52)44-29-30-45(46(31-44)57(53,54)55)47(40-21-25-42(26-22-40)48(32-36-13-5-1-6-14-36)33-37-15-7-2-8-16-37)41-23-27-43(28-24-41)49(34-38-17-9-3-10-18-38)35-39-19-11-4-12-20-39/h1-31,47H,32-35H2,(H,50,51,52)(H,53,54,55). The molecule has 288 valence electrons. The molecule has 7 rings (SSSR count). The van der Waals surface area contributed by atoms with Crippen molar-refractivity contribution in [2.45, 2.75) is 41.9 Å². The summed E-state index contributed by atoms with van der Waals surface area (Å²) in [5.74, 6) is -0.756. The second-order valence-corrected chi connectivity index (χ2v) is 16.7. The lowest BCUT2D eigenvalue weighted by molar-refractivity contribution is 0.480. The van der Waals surface area contributed by atoms with E-state index < -0.39 is 35.9 Å². The average molecular weight is 795 g/mol. The van der Waals surface area contributed by atoms with E-state index in [4.69, 9.17) is 0 Å². The summed E-state index contributed by atoms with van der Waals surface area (Å²) in [5.41, 5.74) is 8.01. The Hall–Kier alpha value is -6.04. The van der Waals surface area contributed by atoms with Gasteiger partial charge in [-0.05, 0) is 75.3 Å². The predicted octanol–water partition coefficient (Wildman–Crippen LogP) is 9.77. The quantitative estimate of drug-likeness (QED) is 0.0779. The van der Waals surface area contributed by atoms with Gasteiger partial charge in [-0.1, -0.05) is 152 Å². The molecule has 0 aliphatic carbocycles. The van der Waals surface area contributed by atoms with Crippen molar-refractivity contribution in [2.24, 2.45) is 0 Å². The van der Waals surface area contributed by atoms with Crippen molar-refractivity contribution in [1.82, 2.24) is 0 Å². The molecule has 0 amide bonds. The molecule has 0 unspecified atom stereocenters.